The Labute approximate surface area is 113 Å². The summed E-state index contributed by atoms with van der Waals surface area (Å²) in [5.41, 5.74) is 0.118. The van der Waals surface area contributed by atoms with Crippen molar-refractivity contribution >= 4 is 17.5 Å². The number of carbonyl (C=O) groups is 2. The van der Waals surface area contributed by atoms with Gasteiger partial charge in [-0.1, -0.05) is 12.2 Å². The zero-order valence-corrected chi connectivity index (χ0v) is 10.4. The van der Waals surface area contributed by atoms with Crippen LogP contribution >= 0.6 is 0 Å². The average Bonchev–Trinajstić information content (AvgIpc) is 3.08. The molecular formula is C15H11F2NO2. The first-order valence-corrected chi connectivity index (χ1v) is 6.59. The fourth-order valence-electron chi connectivity index (χ4n) is 3.78. The van der Waals surface area contributed by atoms with Crippen molar-refractivity contribution in [3.05, 3.63) is 42.0 Å². The first kappa shape index (κ1) is 11.8. The third-order valence-electron chi connectivity index (χ3n) is 4.63. The van der Waals surface area contributed by atoms with Gasteiger partial charge in [0.1, 0.15) is 0 Å². The zero-order chi connectivity index (χ0) is 14.0. The normalized spacial score (nSPS) is 34.2. The quantitative estimate of drug-likeness (QED) is 0.582. The lowest BCUT2D eigenvalue weighted by molar-refractivity contribution is -0.123. The van der Waals surface area contributed by atoms with Gasteiger partial charge in [0.2, 0.25) is 11.8 Å². The van der Waals surface area contributed by atoms with Crippen molar-refractivity contribution in [2.75, 3.05) is 4.90 Å². The number of allylic oxidation sites excluding steroid dienone is 2. The minimum Gasteiger partial charge on any atom is -0.274 e. The predicted octanol–water partition coefficient (Wildman–Crippen LogP) is 2.28. The molecule has 2 bridgehead atoms. The van der Waals surface area contributed by atoms with E-state index < -0.39 is 11.6 Å². The van der Waals surface area contributed by atoms with E-state index in [1.807, 2.05) is 12.2 Å². The Hall–Kier alpha value is -2.04. The van der Waals surface area contributed by atoms with Crippen LogP contribution in [0.1, 0.15) is 6.42 Å². The smallest absolute Gasteiger partial charge is 0.238 e. The zero-order valence-electron chi connectivity index (χ0n) is 10.4. The number of hydrogen-bond acceptors (Lipinski definition) is 2. The van der Waals surface area contributed by atoms with E-state index in [1.54, 1.807) is 0 Å². The molecule has 1 aliphatic heterocycles. The first-order valence-electron chi connectivity index (χ1n) is 6.59. The topological polar surface area (TPSA) is 37.4 Å². The van der Waals surface area contributed by atoms with E-state index in [4.69, 9.17) is 0 Å². The van der Waals surface area contributed by atoms with Gasteiger partial charge >= 0.3 is 0 Å². The van der Waals surface area contributed by atoms with Gasteiger partial charge in [0, 0.05) is 6.07 Å². The summed E-state index contributed by atoms with van der Waals surface area (Å²) in [7, 11) is 0. The summed E-state index contributed by atoms with van der Waals surface area (Å²) < 4.78 is 26.3. The number of fused-ring (bicyclic) bond motifs is 5. The molecule has 2 amide bonds. The second-order valence-electron chi connectivity index (χ2n) is 5.61. The Morgan fingerprint density at radius 3 is 2.10 bits per heavy atom. The number of amides is 2. The molecule has 4 rings (SSSR count). The van der Waals surface area contributed by atoms with Crippen molar-refractivity contribution < 1.29 is 18.4 Å². The average molecular weight is 275 g/mol. The summed E-state index contributed by atoms with van der Waals surface area (Å²) in [4.78, 5) is 25.9. The molecule has 1 heterocycles. The van der Waals surface area contributed by atoms with Crippen LogP contribution in [-0.4, -0.2) is 11.8 Å². The van der Waals surface area contributed by atoms with Crippen LogP contribution in [0.25, 0.3) is 0 Å². The highest BCUT2D eigenvalue weighted by molar-refractivity contribution is 6.22. The number of benzene rings is 1. The van der Waals surface area contributed by atoms with E-state index >= 15 is 0 Å². The molecule has 4 atom stereocenters. The van der Waals surface area contributed by atoms with E-state index in [0.717, 1.165) is 23.5 Å². The van der Waals surface area contributed by atoms with Gasteiger partial charge in [0.15, 0.2) is 11.6 Å². The number of nitrogens with zero attached hydrogens (tertiary/aromatic N) is 1. The molecule has 1 saturated carbocycles. The second-order valence-corrected chi connectivity index (χ2v) is 5.61. The molecule has 102 valence electrons. The lowest BCUT2D eigenvalue weighted by Gasteiger charge is -2.17. The van der Waals surface area contributed by atoms with Gasteiger partial charge in [0.25, 0.3) is 0 Å². The minimum atomic E-state index is -1.05. The van der Waals surface area contributed by atoms with Crippen LogP contribution in [0.4, 0.5) is 14.5 Å². The van der Waals surface area contributed by atoms with Crippen molar-refractivity contribution in [2.45, 2.75) is 6.42 Å². The van der Waals surface area contributed by atoms with Crippen LogP contribution in [0.5, 0.6) is 0 Å². The van der Waals surface area contributed by atoms with Gasteiger partial charge in [-0.25, -0.2) is 13.7 Å². The maximum atomic E-state index is 13.3. The van der Waals surface area contributed by atoms with Crippen molar-refractivity contribution in [3.63, 3.8) is 0 Å². The molecule has 1 aromatic rings. The van der Waals surface area contributed by atoms with Crippen molar-refractivity contribution in [1.82, 2.24) is 0 Å². The maximum Gasteiger partial charge on any atom is 0.238 e. The monoisotopic (exact) mass is 275 g/mol. The van der Waals surface area contributed by atoms with Crippen molar-refractivity contribution in [1.29, 1.82) is 0 Å². The molecule has 0 aromatic heterocycles. The largest absolute Gasteiger partial charge is 0.274 e. The number of anilines is 1. The maximum absolute atomic E-state index is 13.3. The molecule has 0 N–H and O–H groups in total. The Morgan fingerprint density at radius 2 is 1.55 bits per heavy atom. The van der Waals surface area contributed by atoms with Crippen molar-refractivity contribution in [3.8, 4) is 0 Å². The van der Waals surface area contributed by atoms with E-state index in [1.165, 1.54) is 6.07 Å². The van der Waals surface area contributed by atoms with Gasteiger partial charge in [-0.3, -0.25) is 9.59 Å². The third-order valence-corrected chi connectivity index (χ3v) is 4.63. The molecule has 20 heavy (non-hydrogen) atoms. The molecule has 2 fully saturated rings. The van der Waals surface area contributed by atoms with Crippen LogP contribution in [0.3, 0.4) is 0 Å². The van der Waals surface area contributed by atoms with Crippen LogP contribution in [0.15, 0.2) is 30.4 Å². The molecule has 0 unspecified atom stereocenters. The van der Waals surface area contributed by atoms with Crippen LogP contribution in [0.2, 0.25) is 0 Å². The highest BCUT2D eigenvalue weighted by Gasteiger charge is 2.59. The predicted molar refractivity (Wildman–Crippen MR) is 66.6 cm³/mol. The third kappa shape index (κ3) is 1.32. The standard InChI is InChI=1S/C15H11F2NO2/c16-10-4-3-9(6-11(10)17)18-14(19)12-7-1-2-8(5-7)13(12)15(18)20/h1-4,6-8,12-13H,5H2/t7-,8+,12-,13-/m0/s1. The SMILES string of the molecule is O=C1[C@@H]2[C@@H](C(=O)N1c1ccc(F)c(F)c1)[C@H]1C=C[C@@H]2C1. The van der Waals surface area contributed by atoms with E-state index in [-0.39, 0.29) is 41.2 Å². The molecule has 3 nitrogen and oxygen atoms in total. The first-order chi connectivity index (χ1) is 9.58. The summed E-state index contributed by atoms with van der Waals surface area (Å²) in [5, 5.41) is 0. The summed E-state index contributed by atoms with van der Waals surface area (Å²) in [5.74, 6) is -3.06. The van der Waals surface area contributed by atoms with E-state index in [0.29, 0.717) is 0 Å². The number of rotatable bonds is 1. The highest BCUT2D eigenvalue weighted by Crippen LogP contribution is 2.53. The summed E-state index contributed by atoms with van der Waals surface area (Å²) >= 11 is 0. The Balaban J connectivity index is 1.76. The fourth-order valence-corrected chi connectivity index (χ4v) is 3.78. The molecule has 2 aliphatic carbocycles. The highest BCUT2D eigenvalue weighted by atomic mass is 19.2. The van der Waals surface area contributed by atoms with E-state index in [2.05, 4.69) is 0 Å². The van der Waals surface area contributed by atoms with Gasteiger partial charge < -0.3 is 0 Å². The molecule has 1 saturated heterocycles. The minimum absolute atomic E-state index is 0.108. The van der Waals surface area contributed by atoms with Gasteiger partial charge in [-0.05, 0) is 30.4 Å². The molecular weight excluding hydrogens is 264 g/mol. The van der Waals surface area contributed by atoms with Gasteiger partial charge in [0.05, 0.1) is 17.5 Å². The second kappa shape index (κ2) is 3.75. The van der Waals surface area contributed by atoms with Gasteiger partial charge in [-0.2, -0.15) is 0 Å². The Kier molecular flexibility index (Phi) is 2.20. The van der Waals surface area contributed by atoms with Gasteiger partial charge in [-0.15, -0.1) is 0 Å². The number of hydrogen-bond donors (Lipinski definition) is 0. The lowest BCUT2D eigenvalue weighted by atomic mass is 9.85. The molecule has 1 aromatic carbocycles. The molecule has 5 heteroatoms. The fraction of sp³-hybridized carbons (Fsp3) is 0.333. The van der Waals surface area contributed by atoms with Crippen LogP contribution in [-0.2, 0) is 9.59 Å². The summed E-state index contributed by atoms with van der Waals surface area (Å²) in [6, 6.07) is 3.11. The lowest BCUT2D eigenvalue weighted by Crippen LogP contribution is -2.32. The van der Waals surface area contributed by atoms with E-state index in [9.17, 15) is 18.4 Å². The molecule has 3 aliphatic rings. The Morgan fingerprint density at radius 1 is 0.950 bits per heavy atom. The number of imide groups is 1. The molecule has 0 radical (unpaired) electrons. The summed E-state index contributed by atoms with van der Waals surface area (Å²) in [6.07, 6.45) is 4.83. The Bertz CT molecular complexity index is 640. The van der Waals surface area contributed by atoms with Crippen LogP contribution < -0.4 is 4.90 Å². The summed E-state index contributed by atoms with van der Waals surface area (Å²) in [6.45, 7) is 0. The molecule has 0 spiro atoms. The number of halogens is 2. The van der Waals surface area contributed by atoms with Crippen molar-refractivity contribution in [2.24, 2.45) is 23.7 Å². The number of carbonyl (C=O) groups excluding carboxylic acids is 2. The van der Waals surface area contributed by atoms with Crippen LogP contribution in [0, 0.1) is 35.3 Å².